The van der Waals surface area contributed by atoms with Gasteiger partial charge in [-0.25, -0.2) is 4.79 Å². The fraction of sp³-hybridized carbons (Fsp3) is 0.600. The Bertz CT molecular complexity index is 1080. The standard InChI is InChI=1S/C25H33F3N6OS/c1-36-30-22-7-14-34(29-22)23(35)32-15-9-24(10-16-32)8-4-13-33(24)18-19-5-6-21(31-11-2-3-12-31)20(17-19)25(26,27)28/h5-7,14,17H,2-4,8-13,15-16,18H2,1H3,(H,29,30). The highest BCUT2D eigenvalue weighted by Gasteiger charge is 2.44. The second-order valence-electron chi connectivity index (χ2n) is 10.0. The fourth-order valence-electron chi connectivity index (χ4n) is 6.02. The fourth-order valence-corrected chi connectivity index (χ4v) is 6.34. The first-order valence-corrected chi connectivity index (χ1v) is 13.9. The number of halogens is 3. The molecule has 4 heterocycles. The molecule has 1 aromatic carbocycles. The zero-order valence-corrected chi connectivity index (χ0v) is 21.4. The number of nitrogens with zero attached hydrogens (tertiary/aromatic N) is 5. The molecular weight excluding hydrogens is 489 g/mol. The highest BCUT2D eigenvalue weighted by molar-refractivity contribution is 7.99. The van der Waals surface area contributed by atoms with Crippen LogP contribution in [-0.2, 0) is 12.7 Å². The Kier molecular flexibility index (Phi) is 7.13. The number of hydrogen-bond acceptors (Lipinski definition) is 6. The van der Waals surface area contributed by atoms with Crippen molar-refractivity contribution in [3.05, 3.63) is 41.6 Å². The van der Waals surface area contributed by atoms with Crippen LogP contribution in [0, 0.1) is 0 Å². The van der Waals surface area contributed by atoms with E-state index in [-0.39, 0.29) is 11.6 Å². The first-order chi connectivity index (χ1) is 17.3. The van der Waals surface area contributed by atoms with Crippen LogP contribution in [0.4, 0.5) is 29.5 Å². The molecule has 1 aromatic heterocycles. The maximum atomic E-state index is 14.0. The molecule has 0 aliphatic carbocycles. The molecule has 3 aliphatic heterocycles. The average Bonchev–Trinajstić information content (AvgIpc) is 3.62. The predicted octanol–water partition coefficient (Wildman–Crippen LogP) is 5.29. The van der Waals surface area contributed by atoms with Crippen LogP contribution >= 0.6 is 11.9 Å². The lowest BCUT2D eigenvalue weighted by Crippen LogP contribution is -2.53. The number of rotatable bonds is 5. The van der Waals surface area contributed by atoms with Crippen LogP contribution in [-0.4, -0.2) is 70.1 Å². The van der Waals surface area contributed by atoms with E-state index in [9.17, 15) is 18.0 Å². The number of hydrogen-bond donors (Lipinski definition) is 1. The Morgan fingerprint density at radius 3 is 2.50 bits per heavy atom. The molecule has 0 unspecified atom stereocenters. The highest BCUT2D eigenvalue weighted by atomic mass is 32.2. The van der Waals surface area contributed by atoms with Crippen molar-refractivity contribution in [3.8, 4) is 0 Å². The van der Waals surface area contributed by atoms with E-state index in [1.54, 1.807) is 18.3 Å². The minimum Gasteiger partial charge on any atom is -0.371 e. The third kappa shape index (κ3) is 5.04. The van der Waals surface area contributed by atoms with Gasteiger partial charge in [-0.1, -0.05) is 18.0 Å². The number of amides is 1. The van der Waals surface area contributed by atoms with Gasteiger partial charge in [-0.3, -0.25) is 4.90 Å². The first kappa shape index (κ1) is 25.3. The summed E-state index contributed by atoms with van der Waals surface area (Å²) in [5.41, 5.74) is 0.417. The van der Waals surface area contributed by atoms with E-state index in [2.05, 4.69) is 14.7 Å². The summed E-state index contributed by atoms with van der Waals surface area (Å²) in [5.74, 6) is 0.639. The van der Waals surface area contributed by atoms with Crippen LogP contribution in [0.2, 0.25) is 0 Å². The molecule has 1 N–H and O–H groups in total. The SMILES string of the molecule is CSNc1ccn(C(=O)N2CCC3(CCCN3Cc3ccc(N4CCCC4)c(C(F)(F)F)c3)CC2)n1. The zero-order valence-electron chi connectivity index (χ0n) is 20.6. The molecule has 196 valence electrons. The van der Waals surface area contributed by atoms with Crippen molar-refractivity contribution >= 4 is 29.5 Å². The molecule has 1 spiro atoms. The van der Waals surface area contributed by atoms with Gasteiger partial charge in [0.1, 0.15) is 0 Å². The molecule has 1 amide bonds. The van der Waals surface area contributed by atoms with Crippen LogP contribution in [0.25, 0.3) is 0 Å². The molecule has 0 radical (unpaired) electrons. The van der Waals surface area contributed by atoms with E-state index in [4.69, 9.17) is 0 Å². The Labute approximate surface area is 214 Å². The maximum absolute atomic E-state index is 14.0. The number of carbonyl (C=O) groups excluding carboxylic acids is 1. The summed E-state index contributed by atoms with van der Waals surface area (Å²) in [6.45, 7) is 3.96. The minimum atomic E-state index is -4.37. The van der Waals surface area contributed by atoms with E-state index in [0.717, 1.165) is 45.1 Å². The van der Waals surface area contributed by atoms with E-state index in [1.807, 2.05) is 22.1 Å². The van der Waals surface area contributed by atoms with Crippen molar-refractivity contribution in [1.29, 1.82) is 0 Å². The van der Waals surface area contributed by atoms with Gasteiger partial charge in [-0.05, 0) is 62.8 Å². The summed E-state index contributed by atoms with van der Waals surface area (Å²) >= 11 is 1.42. The number of alkyl halides is 3. The van der Waals surface area contributed by atoms with Crippen LogP contribution < -0.4 is 9.62 Å². The lowest BCUT2D eigenvalue weighted by molar-refractivity contribution is -0.137. The third-order valence-corrected chi connectivity index (χ3v) is 8.30. The molecule has 2 aromatic rings. The molecule has 0 bridgehead atoms. The van der Waals surface area contributed by atoms with Gasteiger partial charge in [0.05, 0.1) is 5.56 Å². The van der Waals surface area contributed by atoms with Crippen molar-refractivity contribution in [2.45, 2.75) is 56.8 Å². The number of carbonyl (C=O) groups is 1. The summed E-state index contributed by atoms with van der Waals surface area (Å²) in [5, 5.41) is 4.29. The number of piperidine rings is 1. The van der Waals surface area contributed by atoms with Crippen molar-refractivity contribution in [2.75, 3.05) is 48.6 Å². The van der Waals surface area contributed by atoms with E-state index >= 15 is 0 Å². The molecular formula is C25H33F3N6OS. The van der Waals surface area contributed by atoms with Gasteiger partial charge < -0.3 is 14.5 Å². The van der Waals surface area contributed by atoms with E-state index < -0.39 is 11.7 Å². The number of benzene rings is 1. The van der Waals surface area contributed by atoms with Gasteiger partial charge in [0, 0.05) is 62.5 Å². The molecule has 7 nitrogen and oxygen atoms in total. The molecule has 3 aliphatic rings. The summed E-state index contributed by atoms with van der Waals surface area (Å²) in [4.78, 5) is 19.0. The van der Waals surface area contributed by atoms with E-state index in [0.29, 0.717) is 49.8 Å². The van der Waals surface area contributed by atoms with Crippen molar-refractivity contribution in [2.24, 2.45) is 0 Å². The average molecular weight is 523 g/mol. The number of aromatic nitrogens is 2. The van der Waals surface area contributed by atoms with Gasteiger partial charge >= 0.3 is 12.2 Å². The topological polar surface area (TPSA) is 56.6 Å². The summed E-state index contributed by atoms with van der Waals surface area (Å²) < 4.78 is 46.3. The number of likely N-dealkylation sites (tertiary alicyclic amines) is 2. The molecule has 5 rings (SSSR count). The van der Waals surface area contributed by atoms with Crippen LogP contribution in [0.1, 0.15) is 49.7 Å². The maximum Gasteiger partial charge on any atom is 0.418 e. The molecule has 36 heavy (non-hydrogen) atoms. The quantitative estimate of drug-likeness (QED) is 0.539. The minimum absolute atomic E-state index is 0.0709. The third-order valence-electron chi connectivity index (χ3n) is 7.88. The highest BCUT2D eigenvalue weighted by Crippen LogP contribution is 2.42. The van der Waals surface area contributed by atoms with Gasteiger partial charge in [0.2, 0.25) is 0 Å². The van der Waals surface area contributed by atoms with Gasteiger partial charge in [0.15, 0.2) is 5.82 Å². The molecule has 0 saturated carbocycles. The van der Waals surface area contributed by atoms with Gasteiger partial charge in [-0.15, -0.1) is 5.10 Å². The van der Waals surface area contributed by atoms with Crippen molar-refractivity contribution in [3.63, 3.8) is 0 Å². The zero-order chi connectivity index (χ0) is 25.3. The normalized spacial score (nSPS) is 20.4. The van der Waals surface area contributed by atoms with E-state index in [1.165, 1.54) is 22.7 Å². The van der Waals surface area contributed by atoms with Gasteiger partial charge in [-0.2, -0.15) is 17.9 Å². The van der Waals surface area contributed by atoms with Crippen molar-refractivity contribution < 1.29 is 18.0 Å². The predicted molar refractivity (Wildman–Crippen MR) is 136 cm³/mol. The van der Waals surface area contributed by atoms with Crippen LogP contribution in [0.5, 0.6) is 0 Å². The summed E-state index contributed by atoms with van der Waals surface area (Å²) in [6, 6.07) is 6.51. The summed E-state index contributed by atoms with van der Waals surface area (Å²) in [7, 11) is 0. The number of nitrogens with one attached hydrogen (secondary N) is 1. The van der Waals surface area contributed by atoms with Gasteiger partial charge in [0.25, 0.3) is 0 Å². The van der Waals surface area contributed by atoms with Crippen LogP contribution in [0.3, 0.4) is 0 Å². The molecule has 3 fully saturated rings. The second-order valence-corrected chi connectivity index (χ2v) is 10.6. The second kappa shape index (κ2) is 10.2. The number of anilines is 2. The monoisotopic (exact) mass is 522 g/mol. The largest absolute Gasteiger partial charge is 0.418 e. The summed E-state index contributed by atoms with van der Waals surface area (Å²) in [6.07, 6.45) is 4.71. The molecule has 11 heteroatoms. The Morgan fingerprint density at radius 2 is 1.81 bits per heavy atom. The lowest BCUT2D eigenvalue weighted by atomic mass is 9.84. The molecule has 3 saturated heterocycles. The van der Waals surface area contributed by atoms with Crippen molar-refractivity contribution in [1.82, 2.24) is 19.6 Å². The molecule has 0 atom stereocenters. The first-order valence-electron chi connectivity index (χ1n) is 12.6. The van der Waals surface area contributed by atoms with Crippen LogP contribution in [0.15, 0.2) is 30.5 Å². The lowest BCUT2D eigenvalue weighted by Gasteiger charge is -2.45. The smallest absolute Gasteiger partial charge is 0.371 e. The Hall–Kier alpha value is -2.40. The Morgan fingerprint density at radius 1 is 1.06 bits per heavy atom. The Balaban J connectivity index is 1.27.